The maximum Gasteiger partial charge on any atom is 0.276 e. The molecule has 31 heavy (non-hydrogen) atoms. The number of nitrogens with one attached hydrogen (secondary N) is 1. The molecule has 1 aliphatic heterocycles. The second-order valence-corrected chi connectivity index (χ2v) is 7.14. The molecule has 0 radical (unpaired) electrons. The van der Waals surface area contributed by atoms with E-state index in [1.807, 2.05) is 30.4 Å². The molecule has 3 aromatic rings. The molecule has 8 nitrogen and oxygen atoms in total. The summed E-state index contributed by atoms with van der Waals surface area (Å²) in [6.07, 6.45) is 10.5. The van der Waals surface area contributed by atoms with Crippen LogP contribution in [-0.2, 0) is 11.4 Å². The van der Waals surface area contributed by atoms with Crippen molar-refractivity contribution in [3.8, 4) is 0 Å². The van der Waals surface area contributed by atoms with Gasteiger partial charge in [0.15, 0.2) is 0 Å². The molecule has 8 heteroatoms. The highest BCUT2D eigenvalue weighted by Crippen LogP contribution is 2.36. The summed E-state index contributed by atoms with van der Waals surface area (Å²) >= 11 is 0. The van der Waals surface area contributed by atoms with Crippen LogP contribution in [0.1, 0.15) is 21.5 Å². The highest BCUT2D eigenvalue weighted by atomic mass is 16.3. The topological polar surface area (TPSA) is 108 Å². The molecule has 1 atom stereocenters. The van der Waals surface area contributed by atoms with Gasteiger partial charge < -0.3 is 10.4 Å². The first-order valence-corrected chi connectivity index (χ1v) is 9.68. The van der Waals surface area contributed by atoms with E-state index in [1.54, 1.807) is 41.1 Å². The molecular formula is C23H17N5O3. The SMILES string of the molecule is O=C(Nc1ccc(C2=C3C=CC=CC3C(=O)N=N2)c(CO)c1)c1cnn2ccccc12. The molecule has 152 valence electrons. The molecule has 3 heterocycles. The van der Waals surface area contributed by atoms with Gasteiger partial charge in [-0.25, -0.2) is 4.52 Å². The smallest absolute Gasteiger partial charge is 0.276 e. The molecule has 0 spiro atoms. The lowest BCUT2D eigenvalue weighted by molar-refractivity contribution is -0.119. The zero-order valence-corrected chi connectivity index (χ0v) is 16.3. The number of anilines is 1. The first-order valence-electron chi connectivity index (χ1n) is 9.68. The lowest BCUT2D eigenvalue weighted by Gasteiger charge is -2.21. The Morgan fingerprint density at radius 1 is 1.16 bits per heavy atom. The first kappa shape index (κ1) is 18.8. The van der Waals surface area contributed by atoms with E-state index in [1.165, 1.54) is 6.20 Å². The summed E-state index contributed by atoms with van der Waals surface area (Å²) in [5, 5.41) is 24.9. The van der Waals surface area contributed by atoms with E-state index in [4.69, 9.17) is 0 Å². The molecule has 2 N–H and O–H groups in total. The molecule has 0 bridgehead atoms. The number of allylic oxidation sites excluding steroid dienone is 3. The van der Waals surface area contributed by atoms with Crippen LogP contribution in [-0.4, -0.2) is 26.5 Å². The van der Waals surface area contributed by atoms with Gasteiger partial charge in [-0.2, -0.15) is 5.10 Å². The van der Waals surface area contributed by atoms with Crippen molar-refractivity contribution >= 4 is 28.7 Å². The van der Waals surface area contributed by atoms with Gasteiger partial charge in [-0.1, -0.05) is 36.4 Å². The van der Waals surface area contributed by atoms with Crippen molar-refractivity contribution in [1.29, 1.82) is 0 Å². The Hall–Kier alpha value is -4.17. The summed E-state index contributed by atoms with van der Waals surface area (Å²) in [7, 11) is 0. The fourth-order valence-corrected chi connectivity index (χ4v) is 3.75. The van der Waals surface area contributed by atoms with Gasteiger partial charge in [-0.3, -0.25) is 9.59 Å². The summed E-state index contributed by atoms with van der Waals surface area (Å²) in [4.78, 5) is 24.8. The maximum absolute atomic E-state index is 12.8. The van der Waals surface area contributed by atoms with Crippen molar-refractivity contribution in [2.75, 3.05) is 5.32 Å². The lowest BCUT2D eigenvalue weighted by atomic mass is 9.88. The average Bonchev–Trinajstić information content (AvgIpc) is 3.24. The molecule has 0 fully saturated rings. The molecule has 1 aromatic carbocycles. The zero-order chi connectivity index (χ0) is 21.4. The van der Waals surface area contributed by atoms with Crippen LogP contribution in [0, 0.1) is 5.92 Å². The van der Waals surface area contributed by atoms with Gasteiger partial charge in [0.05, 0.1) is 35.5 Å². The van der Waals surface area contributed by atoms with Crippen LogP contribution in [0.2, 0.25) is 0 Å². The molecule has 2 aliphatic rings. The van der Waals surface area contributed by atoms with Crippen LogP contribution in [0.3, 0.4) is 0 Å². The average molecular weight is 411 g/mol. The number of aliphatic hydroxyl groups is 1. The Morgan fingerprint density at radius 2 is 2.06 bits per heavy atom. The maximum atomic E-state index is 12.8. The van der Waals surface area contributed by atoms with Crippen LogP contribution >= 0.6 is 0 Å². The van der Waals surface area contributed by atoms with Crippen LogP contribution in [0.25, 0.3) is 11.2 Å². The summed E-state index contributed by atoms with van der Waals surface area (Å²) in [5.74, 6) is -1.09. The number of pyridine rings is 1. The standard InChI is InChI=1S/C23H17N5O3/c29-13-14-11-15(25-22(30)19-12-24-28-10-4-3-7-20(19)28)8-9-16(14)21-17-5-1-2-6-18(17)23(31)27-26-21/h1-12,18,29H,13H2,(H,25,30). The van der Waals surface area contributed by atoms with E-state index in [0.717, 1.165) is 5.57 Å². The largest absolute Gasteiger partial charge is 0.392 e. The minimum atomic E-state index is -0.473. The second kappa shape index (κ2) is 7.58. The van der Waals surface area contributed by atoms with E-state index in [9.17, 15) is 14.7 Å². The summed E-state index contributed by atoms with van der Waals surface area (Å²) in [5.41, 5.74) is 4.17. The summed E-state index contributed by atoms with van der Waals surface area (Å²) in [6, 6.07) is 10.7. The quantitative estimate of drug-likeness (QED) is 0.685. The van der Waals surface area contributed by atoms with E-state index < -0.39 is 5.92 Å². The third-order valence-electron chi connectivity index (χ3n) is 5.27. The molecule has 1 aliphatic carbocycles. The first-order chi connectivity index (χ1) is 15.2. The second-order valence-electron chi connectivity index (χ2n) is 7.14. The van der Waals surface area contributed by atoms with Crippen molar-refractivity contribution in [2.24, 2.45) is 16.1 Å². The van der Waals surface area contributed by atoms with Crippen molar-refractivity contribution in [3.05, 3.63) is 95.4 Å². The van der Waals surface area contributed by atoms with Gasteiger partial charge in [0.25, 0.3) is 11.8 Å². The van der Waals surface area contributed by atoms with Crippen molar-refractivity contribution in [3.63, 3.8) is 0 Å². The van der Waals surface area contributed by atoms with Crippen molar-refractivity contribution in [2.45, 2.75) is 6.61 Å². The monoisotopic (exact) mass is 411 g/mol. The predicted octanol–water partition coefficient (Wildman–Crippen LogP) is 3.52. The van der Waals surface area contributed by atoms with Gasteiger partial charge in [0.1, 0.15) is 0 Å². The predicted molar refractivity (Wildman–Crippen MR) is 114 cm³/mol. The Bertz CT molecular complexity index is 1350. The van der Waals surface area contributed by atoms with Crippen LogP contribution in [0.5, 0.6) is 0 Å². The van der Waals surface area contributed by atoms with Gasteiger partial charge in [-0.15, -0.1) is 10.2 Å². The minimum absolute atomic E-state index is 0.264. The van der Waals surface area contributed by atoms with E-state index in [0.29, 0.717) is 33.6 Å². The van der Waals surface area contributed by atoms with Gasteiger partial charge >= 0.3 is 0 Å². The number of amides is 2. The summed E-state index contributed by atoms with van der Waals surface area (Å²) < 4.78 is 1.63. The Kier molecular flexibility index (Phi) is 4.61. The highest BCUT2D eigenvalue weighted by Gasteiger charge is 2.28. The minimum Gasteiger partial charge on any atom is -0.392 e. The van der Waals surface area contributed by atoms with Gasteiger partial charge in [-0.05, 0) is 35.4 Å². The van der Waals surface area contributed by atoms with Crippen LogP contribution in [0.4, 0.5) is 5.69 Å². The number of nitrogens with zero attached hydrogens (tertiary/aromatic N) is 4. The number of fused-ring (bicyclic) bond motifs is 2. The zero-order valence-electron chi connectivity index (χ0n) is 16.3. The van der Waals surface area contributed by atoms with E-state index in [-0.39, 0.29) is 18.4 Å². The van der Waals surface area contributed by atoms with E-state index >= 15 is 0 Å². The number of carbonyl (C=O) groups is 2. The molecule has 0 saturated carbocycles. The molecule has 1 unspecified atom stereocenters. The fourth-order valence-electron chi connectivity index (χ4n) is 3.75. The number of aromatic nitrogens is 2. The number of azo groups is 1. The number of benzene rings is 1. The lowest BCUT2D eigenvalue weighted by Crippen LogP contribution is -2.17. The molecular weight excluding hydrogens is 394 g/mol. The third kappa shape index (κ3) is 3.28. The highest BCUT2D eigenvalue weighted by molar-refractivity contribution is 6.08. The van der Waals surface area contributed by atoms with Gasteiger partial charge in [0, 0.05) is 17.4 Å². The number of rotatable bonds is 4. The molecule has 2 aromatic heterocycles. The number of carbonyl (C=O) groups excluding carboxylic acids is 2. The molecule has 2 amide bonds. The third-order valence-corrected chi connectivity index (χ3v) is 5.27. The van der Waals surface area contributed by atoms with Crippen molar-refractivity contribution in [1.82, 2.24) is 9.61 Å². The molecule has 5 rings (SSSR count). The van der Waals surface area contributed by atoms with E-state index in [2.05, 4.69) is 20.6 Å². The normalized spacial score (nSPS) is 17.3. The number of aliphatic hydroxyl groups excluding tert-OH is 1. The molecule has 0 saturated heterocycles. The summed E-state index contributed by atoms with van der Waals surface area (Å²) in [6.45, 7) is -0.264. The number of hydrogen-bond acceptors (Lipinski definition) is 5. The Balaban J connectivity index is 1.48. The van der Waals surface area contributed by atoms with Gasteiger partial charge in [0.2, 0.25) is 0 Å². The number of hydrogen-bond donors (Lipinski definition) is 2. The van der Waals surface area contributed by atoms with Crippen LogP contribution in [0.15, 0.2) is 88.9 Å². The Morgan fingerprint density at radius 3 is 2.94 bits per heavy atom. The van der Waals surface area contributed by atoms with Crippen molar-refractivity contribution < 1.29 is 14.7 Å². The Labute approximate surface area is 176 Å². The van der Waals surface area contributed by atoms with Crippen LogP contribution < -0.4 is 5.32 Å². The fraction of sp³-hybridized carbons (Fsp3) is 0.0870.